The number of nitro groups is 1. The van der Waals surface area contributed by atoms with E-state index in [1.54, 1.807) is 0 Å². The molecular formula is C10H7FN2O3. The lowest BCUT2D eigenvalue weighted by atomic mass is 10.1. The Hall–Kier alpha value is -2.24. The topological polar surface area (TPSA) is 65.3 Å². The van der Waals surface area contributed by atoms with Crippen molar-refractivity contribution in [3.8, 4) is 5.75 Å². The Morgan fingerprint density at radius 2 is 2.19 bits per heavy atom. The number of hydrogen-bond donors (Lipinski definition) is 0. The molecule has 0 fully saturated rings. The molecule has 0 bridgehead atoms. The van der Waals surface area contributed by atoms with Crippen molar-refractivity contribution in [3.63, 3.8) is 0 Å². The summed E-state index contributed by atoms with van der Waals surface area (Å²) in [5, 5.41) is 10.9. The van der Waals surface area contributed by atoms with Gasteiger partial charge in [0.15, 0.2) is 0 Å². The number of nitrogens with zero attached hydrogens (tertiary/aromatic N) is 2. The predicted octanol–water partition coefficient (Wildman–Crippen LogP) is 2.29. The van der Waals surface area contributed by atoms with E-state index in [0.29, 0.717) is 0 Å². The van der Waals surface area contributed by atoms with Gasteiger partial charge in [-0.15, -0.1) is 0 Å². The number of rotatable bonds is 2. The minimum atomic E-state index is -0.592. The van der Waals surface area contributed by atoms with Gasteiger partial charge in [-0.1, -0.05) is 0 Å². The van der Waals surface area contributed by atoms with Gasteiger partial charge in [-0.25, -0.2) is 4.39 Å². The third-order valence-electron chi connectivity index (χ3n) is 2.19. The summed E-state index contributed by atoms with van der Waals surface area (Å²) in [7, 11) is 1.29. The lowest BCUT2D eigenvalue weighted by molar-refractivity contribution is -0.385. The second kappa shape index (κ2) is 3.73. The summed E-state index contributed by atoms with van der Waals surface area (Å²) < 4.78 is 18.3. The molecule has 82 valence electrons. The van der Waals surface area contributed by atoms with Crippen LogP contribution in [0.3, 0.4) is 0 Å². The van der Waals surface area contributed by atoms with E-state index in [2.05, 4.69) is 4.98 Å². The molecule has 0 aliphatic carbocycles. The number of fused-ring (bicyclic) bond motifs is 1. The molecule has 0 unspecified atom stereocenters. The van der Waals surface area contributed by atoms with E-state index in [9.17, 15) is 14.5 Å². The summed E-state index contributed by atoms with van der Waals surface area (Å²) in [6, 6.07) is 3.71. The van der Waals surface area contributed by atoms with Crippen LogP contribution in [0.15, 0.2) is 24.4 Å². The van der Waals surface area contributed by atoms with E-state index in [1.807, 2.05) is 0 Å². The van der Waals surface area contributed by atoms with E-state index in [0.717, 1.165) is 0 Å². The van der Waals surface area contributed by atoms with Crippen LogP contribution in [-0.4, -0.2) is 17.0 Å². The van der Waals surface area contributed by atoms with Gasteiger partial charge in [0.1, 0.15) is 11.3 Å². The van der Waals surface area contributed by atoms with Crippen molar-refractivity contribution in [2.75, 3.05) is 7.11 Å². The zero-order valence-electron chi connectivity index (χ0n) is 8.31. The maximum absolute atomic E-state index is 13.4. The van der Waals surface area contributed by atoms with Crippen LogP contribution in [0, 0.1) is 15.9 Å². The fourth-order valence-electron chi connectivity index (χ4n) is 1.49. The van der Waals surface area contributed by atoms with Crippen molar-refractivity contribution in [2.24, 2.45) is 0 Å². The Balaban J connectivity index is 2.86. The van der Waals surface area contributed by atoms with Gasteiger partial charge in [-0.2, -0.15) is 0 Å². The largest absolute Gasteiger partial charge is 0.489 e. The van der Waals surface area contributed by atoms with Crippen LogP contribution in [0.25, 0.3) is 10.9 Å². The second-order valence-corrected chi connectivity index (χ2v) is 3.06. The molecule has 16 heavy (non-hydrogen) atoms. The highest BCUT2D eigenvalue weighted by atomic mass is 19.1. The number of benzene rings is 1. The third kappa shape index (κ3) is 1.44. The van der Waals surface area contributed by atoms with Crippen molar-refractivity contribution < 1.29 is 14.1 Å². The third-order valence-corrected chi connectivity index (χ3v) is 2.19. The second-order valence-electron chi connectivity index (χ2n) is 3.06. The summed E-state index contributed by atoms with van der Waals surface area (Å²) in [6.07, 6.45) is 1.24. The van der Waals surface area contributed by atoms with Crippen LogP contribution in [0.5, 0.6) is 5.75 Å². The first-order valence-corrected chi connectivity index (χ1v) is 4.40. The summed E-state index contributed by atoms with van der Waals surface area (Å²) in [6.45, 7) is 0. The van der Waals surface area contributed by atoms with Crippen molar-refractivity contribution >= 4 is 16.6 Å². The zero-order valence-corrected chi connectivity index (χ0v) is 8.31. The molecule has 0 aliphatic heterocycles. The van der Waals surface area contributed by atoms with Crippen LogP contribution in [-0.2, 0) is 0 Å². The molecule has 5 nitrogen and oxygen atoms in total. The molecule has 0 atom stereocenters. The smallest absolute Gasteiger partial charge is 0.313 e. The molecule has 2 aromatic rings. The lowest BCUT2D eigenvalue weighted by Crippen LogP contribution is -1.96. The lowest BCUT2D eigenvalue weighted by Gasteiger charge is -2.05. The molecule has 1 aromatic heterocycles. The number of nitro benzene ring substituents is 1. The molecule has 1 aromatic carbocycles. The average Bonchev–Trinajstić information content (AvgIpc) is 2.27. The Morgan fingerprint density at radius 1 is 1.44 bits per heavy atom. The van der Waals surface area contributed by atoms with Gasteiger partial charge >= 0.3 is 5.69 Å². The summed E-state index contributed by atoms with van der Waals surface area (Å²) in [5.41, 5.74) is -0.0789. The highest BCUT2D eigenvalue weighted by Gasteiger charge is 2.19. The van der Waals surface area contributed by atoms with Crippen molar-refractivity contribution in [3.05, 3.63) is 40.3 Å². The minimum Gasteiger partial charge on any atom is -0.489 e. The highest BCUT2D eigenvalue weighted by molar-refractivity contribution is 5.88. The Bertz CT molecular complexity index is 571. The average molecular weight is 222 g/mol. The quantitative estimate of drug-likeness (QED) is 0.577. The number of ether oxygens (including phenoxy) is 1. The zero-order chi connectivity index (χ0) is 11.7. The molecule has 0 radical (unpaired) electrons. The minimum absolute atomic E-state index is 0.0259. The molecule has 2 rings (SSSR count). The molecule has 0 N–H and O–H groups in total. The Kier molecular flexibility index (Phi) is 2.40. The number of aromatic nitrogens is 1. The molecular weight excluding hydrogens is 215 g/mol. The van der Waals surface area contributed by atoms with Crippen LogP contribution in [0.4, 0.5) is 10.1 Å². The molecule has 0 amide bonds. The normalized spacial score (nSPS) is 10.4. The van der Waals surface area contributed by atoms with Gasteiger partial charge in [0.25, 0.3) is 0 Å². The van der Waals surface area contributed by atoms with Crippen LogP contribution >= 0.6 is 0 Å². The van der Waals surface area contributed by atoms with Crippen molar-refractivity contribution in [1.82, 2.24) is 4.98 Å². The van der Waals surface area contributed by atoms with Crippen molar-refractivity contribution in [2.45, 2.75) is 0 Å². The van der Waals surface area contributed by atoms with E-state index in [1.165, 1.54) is 31.5 Å². The van der Waals surface area contributed by atoms with E-state index in [-0.39, 0.29) is 22.3 Å². The maximum Gasteiger partial charge on any atom is 0.313 e. The molecule has 0 spiro atoms. The number of methoxy groups -OCH3 is 1. The summed E-state index contributed by atoms with van der Waals surface area (Å²) >= 11 is 0. The van der Waals surface area contributed by atoms with Gasteiger partial charge in [0.05, 0.1) is 12.0 Å². The number of halogens is 1. The Morgan fingerprint density at radius 3 is 2.81 bits per heavy atom. The van der Waals surface area contributed by atoms with Crippen LogP contribution in [0.1, 0.15) is 0 Å². The van der Waals surface area contributed by atoms with E-state index in [4.69, 9.17) is 4.74 Å². The SMILES string of the molecule is COc1c([N+](=O)[O-])ccc2c(F)ccnc12. The van der Waals surface area contributed by atoms with Gasteiger partial charge in [0, 0.05) is 17.6 Å². The fourth-order valence-corrected chi connectivity index (χ4v) is 1.49. The molecule has 0 aliphatic rings. The first-order chi connectivity index (χ1) is 7.65. The Labute approximate surface area is 89.6 Å². The highest BCUT2D eigenvalue weighted by Crippen LogP contribution is 2.34. The van der Waals surface area contributed by atoms with Crippen LogP contribution in [0.2, 0.25) is 0 Å². The number of hydrogen-bond acceptors (Lipinski definition) is 4. The van der Waals surface area contributed by atoms with E-state index >= 15 is 0 Å². The molecule has 0 saturated heterocycles. The number of pyridine rings is 1. The van der Waals surface area contributed by atoms with Crippen LogP contribution < -0.4 is 4.74 Å². The standard InChI is InChI=1S/C10H7FN2O3/c1-16-10-8(13(14)15)3-2-6-7(11)4-5-12-9(6)10/h2-5H,1H3. The summed E-state index contributed by atoms with van der Waals surface area (Å²) in [5.74, 6) is -0.514. The van der Waals surface area contributed by atoms with Gasteiger partial charge in [-0.05, 0) is 12.1 Å². The van der Waals surface area contributed by atoms with Gasteiger partial charge in [-0.3, -0.25) is 15.1 Å². The maximum atomic E-state index is 13.4. The van der Waals surface area contributed by atoms with Gasteiger partial charge < -0.3 is 4.74 Å². The van der Waals surface area contributed by atoms with Gasteiger partial charge in [0.2, 0.25) is 5.75 Å². The first-order valence-electron chi connectivity index (χ1n) is 4.40. The van der Waals surface area contributed by atoms with Crippen molar-refractivity contribution in [1.29, 1.82) is 0 Å². The van der Waals surface area contributed by atoms with E-state index < -0.39 is 10.7 Å². The molecule has 0 saturated carbocycles. The summed E-state index contributed by atoms with van der Waals surface area (Å²) in [4.78, 5) is 14.0. The molecule has 1 heterocycles. The predicted molar refractivity (Wildman–Crippen MR) is 54.9 cm³/mol. The fraction of sp³-hybridized carbons (Fsp3) is 0.100. The molecule has 6 heteroatoms. The first kappa shape index (κ1) is 10.3. The monoisotopic (exact) mass is 222 g/mol.